The first-order valence-electron chi connectivity index (χ1n) is 6.14. The van der Waals surface area contributed by atoms with Crippen LogP contribution in [0.5, 0.6) is 0 Å². The Labute approximate surface area is 128 Å². The van der Waals surface area contributed by atoms with Gasteiger partial charge in [-0.25, -0.2) is 13.4 Å². The number of aromatic nitrogens is 1. The average molecular weight is 325 g/mol. The van der Waals surface area contributed by atoms with Gasteiger partial charge in [0.15, 0.2) is 0 Å². The van der Waals surface area contributed by atoms with Crippen LogP contribution >= 0.6 is 12.2 Å². The molecule has 3 N–H and O–H groups in total. The quantitative estimate of drug-likeness (QED) is 0.811. The van der Waals surface area contributed by atoms with Crippen molar-refractivity contribution in [3.8, 4) is 0 Å². The number of hydrogen-bond acceptors (Lipinski definition) is 5. The molecule has 0 aliphatic rings. The summed E-state index contributed by atoms with van der Waals surface area (Å²) >= 11 is 4.83. The average Bonchev–Trinajstić information content (AvgIpc) is 2.85. The molecule has 0 aliphatic heterocycles. The van der Waals surface area contributed by atoms with E-state index in [0.29, 0.717) is 17.2 Å². The molecule has 1 heterocycles. The fourth-order valence-electron chi connectivity index (χ4n) is 1.72. The molecule has 1 aromatic heterocycles. The predicted octanol–water partition coefficient (Wildman–Crippen LogP) is 1.66. The Kier molecular flexibility index (Phi) is 4.40. The summed E-state index contributed by atoms with van der Waals surface area (Å²) in [7, 11) is -3.67. The van der Waals surface area contributed by atoms with Gasteiger partial charge in [0.05, 0.1) is 17.1 Å². The molecular formula is C13H15N3O3S2. The van der Waals surface area contributed by atoms with Crippen LogP contribution in [0.25, 0.3) is 0 Å². The lowest BCUT2D eigenvalue weighted by Gasteiger charge is -2.11. The number of benzene rings is 1. The molecule has 2 rings (SSSR count). The zero-order chi connectivity index (χ0) is 15.6. The Hall–Kier alpha value is -1.77. The standard InChI is InChI=1S/C13H15N3O3S2/c1-8-7-15-13(19-8)9(2)16-21(17,18)11-5-3-10(4-6-11)12(14)20/h3-7,9,16H,1-2H3,(H2,14,20). The van der Waals surface area contributed by atoms with Gasteiger partial charge in [0, 0.05) is 5.56 Å². The number of thiocarbonyl (C=S) groups is 1. The smallest absolute Gasteiger partial charge is 0.241 e. The summed E-state index contributed by atoms with van der Waals surface area (Å²) in [6, 6.07) is 5.46. The third-order valence-electron chi connectivity index (χ3n) is 2.79. The molecule has 2 aromatic rings. The Balaban J connectivity index is 2.19. The summed E-state index contributed by atoms with van der Waals surface area (Å²) in [5.74, 6) is 0.938. The van der Waals surface area contributed by atoms with Gasteiger partial charge in [0.25, 0.3) is 0 Å². The molecule has 8 heteroatoms. The van der Waals surface area contributed by atoms with Crippen LogP contribution in [0, 0.1) is 6.92 Å². The number of aryl methyl sites for hydroxylation is 1. The molecule has 112 valence electrons. The van der Waals surface area contributed by atoms with Crippen LogP contribution in [-0.4, -0.2) is 18.4 Å². The minimum absolute atomic E-state index is 0.123. The number of oxazole rings is 1. The molecule has 1 unspecified atom stereocenters. The van der Waals surface area contributed by atoms with Crippen molar-refractivity contribution in [3.05, 3.63) is 47.7 Å². The van der Waals surface area contributed by atoms with E-state index in [0.717, 1.165) is 0 Å². The van der Waals surface area contributed by atoms with E-state index < -0.39 is 16.1 Å². The summed E-state index contributed by atoms with van der Waals surface area (Å²) < 4.78 is 32.3. The van der Waals surface area contributed by atoms with Crippen LogP contribution in [0.3, 0.4) is 0 Å². The lowest BCUT2D eigenvalue weighted by atomic mass is 10.2. The van der Waals surface area contributed by atoms with Crippen LogP contribution in [0.1, 0.15) is 30.2 Å². The highest BCUT2D eigenvalue weighted by molar-refractivity contribution is 7.89. The largest absolute Gasteiger partial charge is 0.444 e. The van der Waals surface area contributed by atoms with Crippen LogP contribution < -0.4 is 10.5 Å². The number of nitrogens with two attached hydrogens (primary N) is 1. The lowest BCUT2D eigenvalue weighted by Crippen LogP contribution is -2.27. The van der Waals surface area contributed by atoms with Crippen LogP contribution in [0.2, 0.25) is 0 Å². The second kappa shape index (κ2) is 5.92. The highest BCUT2D eigenvalue weighted by Gasteiger charge is 2.21. The van der Waals surface area contributed by atoms with Crippen LogP contribution in [0.15, 0.2) is 39.8 Å². The Morgan fingerprint density at radius 3 is 2.48 bits per heavy atom. The monoisotopic (exact) mass is 325 g/mol. The number of hydrogen-bond donors (Lipinski definition) is 2. The van der Waals surface area contributed by atoms with E-state index in [1.807, 2.05) is 0 Å². The van der Waals surface area contributed by atoms with Gasteiger partial charge in [0.1, 0.15) is 10.7 Å². The van der Waals surface area contributed by atoms with Crippen molar-refractivity contribution in [2.24, 2.45) is 5.73 Å². The van der Waals surface area contributed by atoms with Crippen LogP contribution in [-0.2, 0) is 10.0 Å². The first kappa shape index (κ1) is 15.6. The molecular weight excluding hydrogens is 310 g/mol. The van der Waals surface area contributed by atoms with E-state index in [-0.39, 0.29) is 9.88 Å². The molecule has 0 amide bonds. The van der Waals surface area contributed by atoms with Crippen molar-refractivity contribution in [1.29, 1.82) is 0 Å². The zero-order valence-electron chi connectivity index (χ0n) is 11.5. The predicted molar refractivity (Wildman–Crippen MR) is 82.3 cm³/mol. The van der Waals surface area contributed by atoms with Gasteiger partial charge in [-0.2, -0.15) is 4.72 Å². The SMILES string of the molecule is Cc1cnc(C(C)NS(=O)(=O)c2ccc(C(N)=S)cc2)o1. The normalized spacial score (nSPS) is 13.0. The molecule has 0 saturated heterocycles. The number of nitrogens with zero attached hydrogens (tertiary/aromatic N) is 1. The highest BCUT2D eigenvalue weighted by Crippen LogP contribution is 2.17. The second-order valence-electron chi connectivity index (χ2n) is 4.54. The van der Waals surface area contributed by atoms with Gasteiger partial charge in [-0.1, -0.05) is 24.4 Å². The number of rotatable bonds is 5. The summed E-state index contributed by atoms with van der Waals surface area (Å²) in [6.07, 6.45) is 1.54. The summed E-state index contributed by atoms with van der Waals surface area (Å²) in [5, 5.41) is 0. The van der Waals surface area contributed by atoms with Crippen molar-refractivity contribution in [3.63, 3.8) is 0 Å². The van der Waals surface area contributed by atoms with Gasteiger partial charge < -0.3 is 10.2 Å². The topological polar surface area (TPSA) is 98.2 Å². The molecule has 0 bridgehead atoms. The van der Waals surface area contributed by atoms with Crippen molar-refractivity contribution < 1.29 is 12.8 Å². The van der Waals surface area contributed by atoms with E-state index in [4.69, 9.17) is 22.4 Å². The van der Waals surface area contributed by atoms with E-state index in [1.165, 1.54) is 18.3 Å². The maximum atomic E-state index is 12.3. The summed E-state index contributed by atoms with van der Waals surface area (Å²) in [5.41, 5.74) is 6.09. The third kappa shape index (κ3) is 3.66. The molecule has 21 heavy (non-hydrogen) atoms. The highest BCUT2D eigenvalue weighted by atomic mass is 32.2. The van der Waals surface area contributed by atoms with Gasteiger partial charge in [0.2, 0.25) is 15.9 Å². The molecule has 0 radical (unpaired) electrons. The Morgan fingerprint density at radius 2 is 2.00 bits per heavy atom. The molecule has 0 aliphatic carbocycles. The maximum Gasteiger partial charge on any atom is 0.241 e. The Bertz CT molecular complexity index is 751. The molecule has 6 nitrogen and oxygen atoms in total. The van der Waals surface area contributed by atoms with E-state index in [2.05, 4.69) is 9.71 Å². The molecule has 1 aromatic carbocycles. The van der Waals surface area contributed by atoms with Crippen molar-refractivity contribution in [2.45, 2.75) is 24.8 Å². The molecule has 1 atom stereocenters. The van der Waals surface area contributed by atoms with E-state index in [9.17, 15) is 8.42 Å². The minimum atomic E-state index is -3.67. The van der Waals surface area contributed by atoms with E-state index >= 15 is 0 Å². The second-order valence-corrected chi connectivity index (χ2v) is 6.69. The zero-order valence-corrected chi connectivity index (χ0v) is 13.2. The fourth-order valence-corrected chi connectivity index (χ4v) is 3.05. The lowest BCUT2D eigenvalue weighted by molar-refractivity contribution is 0.428. The van der Waals surface area contributed by atoms with Crippen molar-refractivity contribution in [1.82, 2.24) is 9.71 Å². The van der Waals surface area contributed by atoms with Crippen molar-refractivity contribution >= 4 is 27.2 Å². The van der Waals surface area contributed by atoms with Gasteiger partial charge >= 0.3 is 0 Å². The van der Waals surface area contributed by atoms with Crippen molar-refractivity contribution in [2.75, 3.05) is 0 Å². The van der Waals surface area contributed by atoms with Gasteiger partial charge in [-0.15, -0.1) is 0 Å². The van der Waals surface area contributed by atoms with E-state index in [1.54, 1.807) is 26.0 Å². The number of nitrogens with one attached hydrogen (secondary N) is 1. The molecule has 0 fully saturated rings. The van der Waals surface area contributed by atoms with Gasteiger partial charge in [-0.05, 0) is 26.0 Å². The fraction of sp³-hybridized carbons (Fsp3) is 0.231. The summed E-state index contributed by atoms with van der Waals surface area (Å²) in [4.78, 5) is 4.34. The first-order chi connectivity index (χ1) is 9.79. The molecule has 0 saturated carbocycles. The first-order valence-corrected chi connectivity index (χ1v) is 8.03. The third-order valence-corrected chi connectivity index (χ3v) is 4.58. The number of sulfonamides is 1. The van der Waals surface area contributed by atoms with Crippen LogP contribution in [0.4, 0.5) is 0 Å². The Morgan fingerprint density at radius 1 is 1.38 bits per heavy atom. The minimum Gasteiger partial charge on any atom is -0.444 e. The maximum absolute atomic E-state index is 12.3. The summed E-state index contributed by atoms with van der Waals surface area (Å²) in [6.45, 7) is 3.40. The molecule has 0 spiro atoms. The van der Waals surface area contributed by atoms with Gasteiger partial charge in [-0.3, -0.25) is 0 Å².